The number of benzene rings is 3. The van der Waals surface area contributed by atoms with Crippen molar-refractivity contribution >= 4 is 33.0 Å². The van der Waals surface area contributed by atoms with Crippen LogP contribution < -0.4 is 4.31 Å². The van der Waals surface area contributed by atoms with Crippen LogP contribution in [0, 0.1) is 15.9 Å². The fraction of sp³-hybridized carbons (Fsp3) is 0.217. The second kappa shape index (κ2) is 8.88. The van der Waals surface area contributed by atoms with Crippen molar-refractivity contribution in [1.82, 2.24) is 0 Å². The first-order chi connectivity index (χ1) is 14.9. The molecule has 0 saturated heterocycles. The maximum atomic E-state index is 14.7. The smallest absolute Gasteiger partial charge is 0.259 e. The van der Waals surface area contributed by atoms with Crippen LogP contribution in [0.25, 0.3) is 0 Å². The molecule has 0 aliphatic rings. The number of halogens is 2. The predicted octanol–water partition coefficient (Wildman–Crippen LogP) is 6.08. The molecule has 0 spiro atoms. The molecule has 3 rings (SSSR count). The van der Waals surface area contributed by atoms with E-state index in [9.17, 15) is 22.9 Å². The van der Waals surface area contributed by atoms with Gasteiger partial charge in [-0.05, 0) is 34.7 Å². The molecule has 0 heterocycles. The third-order valence-electron chi connectivity index (χ3n) is 4.96. The second-order valence-corrected chi connectivity index (χ2v) is 10.5. The first kappa shape index (κ1) is 23.7. The number of rotatable bonds is 6. The average molecular weight is 477 g/mol. The molecule has 3 aromatic rings. The Balaban J connectivity index is 2.13. The first-order valence-electron chi connectivity index (χ1n) is 9.72. The van der Waals surface area contributed by atoms with Gasteiger partial charge >= 0.3 is 0 Å². The highest BCUT2D eigenvalue weighted by Crippen LogP contribution is 2.34. The highest BCUT2D eigenvalue weighted by atomic mass is 35.5. The number of sulfonamides is 1. The maximum absolute atomic E-state index is 14.7. The Morgan fingerprint density at radius 1 is 1.03 bits per heavy atom. The molecular weight excluding hydrogens is 455 g/mol. The summed E-state index contributed by atoms with van der Waals surface area (Å²) in [4.78, 5) is 10.00. The lowest BCUT2D eigenvalue weighted by Crippen LogP contribution is -2.31. The van der Waals surface area contributed by atoms with Gasteiger partial charge in [0.05, 0.1) is 22.2 Å². The molecule has 0 atom stereocenters. The molecule has 3 aromatic carbocycles. The molecule has 0 fully saturated rings. The van der Waals surface area contributed by atoms with Gasteiger partial charge in [0.15, 0.2) is 0 Å². The van der Waals surface area contributed by atoms with E-state index in [1.807, 2.05) is 12.1 Å². The molecule has 0 N–H and O–H groups in total. The number of hydrogen-bond donors (Lipinski definition) is 0. The molecule has 9 heteroatoms. The van der Waals surface area contributed by atoms with Crippen molar-refractivity contribution < 1.29 is 17.7 Å². The van der Waals surface area contributed by atoms with Crippen LogP contribution in [-0.2, 0) is 22.0 Å². The highest BCUT2D eigenvalue weighted by Gasteiger charge is 2.31. The summed E-state index contributed by atoms with van der Waals surface area (Å²) in [7, 11) is -4.44. The number of hydrogen-bond acceptors (Lipinski definition) is 4. The van der Waals surface area contributed by atoms with Gasteiger partial charge in [0.1, 0.15) is 10.7 Å². The van der Waals surface area contributed by atoms with Gasteiger partial charge in [-0.2, -0.15) is 0 Å². The summed E-state index contributed by atoms with van der Waals surface area (Å²) in [5.74, 6) is -0.746. The molecular formula is C23H22ClFN2O4S. The number of non-ortho nitro benzene ring substituents is 1. The number of anilines is 1. The summed E-state index contributed by atoms with van der Waals surface area (Å²) in [6, 6.07) is 15.9. The van der Waals surface area contributed by atoms with Crippen molar-refractivity contribution in [2.24, 2.45) is 0 Å². The summed E-state index contributed by atoms with van der Waals surface area (Å²) in [6.07, 6.45) is 0. The molecule has 32 heavy (non-hydrogen) atoms. The third kappa shape index (κ3) is 4.92. The standard InChI is InChI=1S/C23H22ClFN2O4S/c1-23(2,3)17-10-8-16(9-11-17)15-26(21-7-5-4-6-20(21)25)32(30,31)22-14-18(27(28)29)12-13-19(22)24/h4-14H,15H2,1-3H3. The Bertz CT molecular complexity index is 1260. The molecule has 0 radical (unpaired) electrons. The summed E-state index contributed by atoms with van der Waals surface area (Å²) in [5.41, 5.74) is 0.965. The van der Waals surface area contributed by atoms with Gasteiger partial charge < -0.3 is 0 Å². The van der Waals surface area contributed by atoms with Crippen LogP contribution in [0.4, 0.5) is 15.8 Å². The van der Waals surface area contributed by atoms with Gasteiger partial charge in [-0.15, -0.1) is 0 Å². The second-order valence-electron chi connectivity index (χ2n) is 8.28. The van der Waals surface area contributed by atoms with Gasteiger partial charge in [0.2, 0.25) is 0 Å². The van der Waals surface area contributed by atoms with Crippen molar-refractivity contribution in [3.8, 4) is 0 Å². The molecule has 0 aliphatic carbocycles. The van der Waals surface area contributed by atoms with Crippen molar-refractivity contribution in [2.75, 3.05) is 4.31 Å². The Kier molecular flexibility index (Phi) is 6.57. The van der Waals surface area contributed by atoms with E-state index in [1.165, 1.54) is 18.2 Å². The van der Waals surface area contributed by atoms with E-state index in [0.717, 1.165) is 34.1 Å². The van der Waals surface area contributed by atoms with E-state index < -0.39 is 31.3 Å². The minimum atomic E-state index is -4.44. The van der Waals surface area contributed by atoms with Crippen LogP contribution in [0.5, 0.6) is 0 Å². The van der Waals surface area contributed by atoms with Gasteiger partial charge in [-0.25, -0.2) is 12.8 Å². The first-order valence-corrected chi connectivity index (χ1v) is 11.5. The predicted molar refractivity (Wildman–Crippen MR) is 123 cm³/mol. The molecule has 0 aliphatic heterocycles. The molecule has 6 nitrogen and oxygen atoms in total. The summed E-state index contributed by atoms with van der Waals surface area (Å²) in [6.45, 7) is 5.99. The van der Waals surface area contributed by atoms with Crippen LogP contribution in [0.2, 0.25) is 5.02 Å². The zero-order valence-corrected chi connectivity index (χ0v) is 19.3. The Hall–Kier alpha value is -2.97. The van der Waals surface area contributed by atoms with Crippen LogP contribution in [0.3, 0.4) is 0 Å². The Morgan fingerprint density at radius 3 is 2.22 bits per heavy atom. The van der Waals surface area contributed by atoms with E-state index in [1.54, 1.807) is 12.1 Å². The van der Waals surface area contributed by atoms with Gasteiger partial charge in [0, 0.05) is 12.1 Å². The quantitative estimate of drug-likeness (QED) is 0.319. The fourth-order valence-corrected chi connectivity index (χ4v) is 5.11. The third-order valence-corrected chi connectivity index (χ3v) is 7.20. The summed E-state index contributed by atoms with van der Waals surface area (Å²) in [5, 5.41) is 11.0. The monoisotopic (exact) mass is 476 g/mol. The zero-order valence-electron chi connectivity index (χ0n) is 17.7. The average Bonchev–Trinajstić information content (AvgIpc) is 2.72. The topological polar surface area (TPSA) is 80.5 Å². The summed E-state index contributed by atoms with van der Waals surface area (Å²) < 4.78 is 42.7. The van der Waals surface area contributed by atoms with E-state index >= 15 is 0 Å². The molecule has 0 unspecified atom stereocenters. The minimum Gasteiger partial charge on any atom is -0.259 e. The van der Waals surface area contributed by atoms with E-state index in [4.69, 9.17) is 11.6 Å². The largest absolute Gasteiger partial charge is 0.270 e. The van der Waals surface area contributed by atoms with Crippen LogP contribution in [-0.4, -0.2) is 13.3 Å². The van der Waals surface area contributed by atoms with Crippen LogP contribution >= 0.6 is 11.6 Å². The normalized spacial score (nSPS) is 11.9. The van der Waals surface area contributed by atoms with Crippen molar-refractivity contribution in [3.05, 3.63) is 98.8 Å². The van der Waals surface area contributed by atoms with E-state index in [2.05, 4.69) is 20.8 Å². The zero-order chi connectivity index (χ0) is 23.7. The molecule has 0 amide bonds. The Morgan fingerprint density at radius 2 is 1.66 bits per heavy atom. The lowest BCUT2D eigenvalue weighted by Gasteiger charge is -2.26. The Labute approximate surface area is 191 Å². The molecule has 0 bridgehead atoms. The van der Waals surface area contributed by atoms with E-state index in [0.29, 0.717) is 5.56 Å². The van der Waals surface area contributed by atoms with E-state index in [-0.39, 0.29) is 22.7 Å². The van der Waals surface area contributed by atoms with Gasteiger partial charge in [0.25, 0.3) is 15.7 Å². The lowest BCUT2D eigenvalue weighted by molar-refractivity contribution is -0.385. The maximum Gasteiger partial charge on any atom is 0.270 e. The SMILES string of the molecule is CC(C)(C)c1ccc(CN(c2ccccc2F)S(=O)(=O)c2cc([N+](=O)[O-])ccc2Cl)cc1. The number of nitrogens with zero attached hydrogens (tertiary/aromatic N) is 2. The van der Waals surface area contributed by atoms with Crippen molar-refractivity contribution in [2.45, 2.75) is 37.6 Å². The molecule has 168 valence electrons. The fourth-order valence-electron chi connectivity index (χ4n) is 3.15. The van der Waals surface area contributed by atoms with Crippen LogP contribution in [0.1, 0.15) is 31.9 Å². The molecule has 0 aromatic heterocycles. The highest BCUT2D eigenvalue weighted by molar-refractivity contribution is 7.93. The lowest BCUT2D eigenvalue weighted by atomic mass is 9.87. The van der Waals surface area contributed by atoms with Gasteiger partial charge in [-0.3, -0.25) is 14.4 Å². The number of nitro benzene ring substituents is 1. The van der Waals surface area contributed by atoms with Gasteiger partial charge in [-0.1, -0.05) is 68.8 Å². The number of para-hydroxylation sites is 1. The van der Waals surface area contributed by atoms with Crippen molar-refractivity contribution in [1.29, 1.82) is 0 Å². The number of nitro groups is 1. The molecule has 0 saturated carbocycles. The van der Waals surface area contributed by atoms with Crippen LogP contribution in [0.15, 0.2) is 71.6 Å². The van der Waals surface area contributed by atoms with Crippen molar-refractivity contribution in [3.63, 3.8) is 0 Å². The minimum absolute atomic E-state index is 0.0909. The summed E-state index contributed by atoms with van der Waals surface area (Å²) >= 11 is 6.11.